The van der Waals surface area contributed by atoms with Crippen molar-refractivity contribution < 1.29 is 9.59 Å². The average Bonchev–Trinajstić information content (AvgIpc) is 3.30. The van der Waals surface area contributed by atoms with Crippen molar-refractivity contribution in [2.75, 3.05) is 11.1 Å². The molecule has 1 fully saturated rings. The van der Waals surface area contributed by atoms with Gasteiger partial charge in [-0.25, -0.2) is 4.98 Å². The first kappa shape index (κ1) is 22.8. The van der Waals surface area contributed by atoms with Crippen LogP contribution in [0.25, 0.3) is 10.2 Å². The Bertz CT molecular complexity index is 1290. The van der Waals surface area contributed by atoms with Crippen molar-refractivity contribution in [3.05, 3.63) is 89.5 Å². The zero-order chi connectivity index (χ0) is 23.3. The van der Waals surface area contributed by atoms with Gasteiger partial charge in [-0.2, -0.15) is 0 Å². The number of fused-ring (bicyclic) bond motifs is 1. The highest BCUT2D eigenvalue weighted by atomic mass is 32.2. The van der Waals surface area contributed by atoms with Gasteiger partial charge >= 0.3 is 0 Å². The second-order valence-corrected chi connectivity index (χ2v) is 10.9. The Kier molecular flexibility index (Phi) is 7.07. The summed E-state index contributed by atoms with van der Waals surface area (Å²) in [5.74, 6) is 0.993. The Hall–Kier alpha value is -2.96. The van der Waals surface area contributed by atoms with Crippen molar-refractivity contribution in [3.63, 3.8) is 0 Å². The van der Waals surface area contributed by atoms with E-state index in [2.05, 4.69) is 22.4 Å². The lowest BCUT2D eigenvalue weighted by Gasteiger charge is -2.22. The summed E-state index contributed by atoms with van der Waals surface area (Å²) in [6.07, 6.45) is 6.49. The summed E-state index contributed by atoms with van der Waals surface area (Å²) in [6, 6.07) is 23.1. The van der Waals surface area contributed by atoms with Gasteiger partial charge in [0.05, 0.1) is 16.0 Å². The van der Waals surface area contributed by atoms with Crippen LogP contribution >= 0.6 is 23.1 Å². The maximum atomic E-state index is 12.7. The van der Waals surface area contributed by atoms with E-state index in [4.69, 9.17) is 0 Å². The average molecular weight is 487 g/mol. The number of anilines is 1. The van der Waals surface area contributed by atoms with E-state index < -0.39 is 0 Å². The maximum absolute atomic E-state index is 12.7. The standard InChI is InChI=1S/C28H26N2O2S2/c31-25(21-13-11-20(12-14-21)19-7-3-1-4-8-19)18-33-28-30-24-16-15-23(17-26(24)34-28)29-27(32)22-9-5-2-6-10-22/h2,5-6,9-17,19H,1,3-4,7-8,18H2,(H,29,32). The molecule has 1 saturated carbocycles. The summed E-state index contributed by atoms with van der Waals surface area (Å²) < 4.78 is 1.84. The third-order valence-corrected chi connectivity index (χ3v) is 8.46. The molecule has 172 valence electrons. The molecule has 0 unspecified atom stereocenters. The Morgan fingerprint density at radius 3 is 2.44 bits per heavy atom. The number of nitrogens with one attached hydrogen (secondary N) is 1. The van der Waals surface area contributed by atoms with E-state index in [1.54, 1.807) is 23.5 Å². The highest BCUT2D eigenvalue weighted by molar-refractivity contribution is 8.01. The number of benzene rings is 3. The fourth-order valence-corrected chi connectivity index (χ4v) is 6.43. The number of aromatic nitrogens is 1. The van der Waals surface area contributed by atoms with Crippen LogP contribution in [0.1, 0.15) is 64.3 Å². The number of Topliss-reactive ketones (excluding diaryl/α,β-unsaturated/α-hetero) is 1. The quantitative estimate of drug-likeness (QED) is 0.216. The van der Waals surface area contributed by atoms with Crippen molar-refractivity contribution in [2.45, 2.75) is 42.4 Å². The van der Waals surface area contributed by atoms with E-state index in [0.29, 0.717) is 17.2 Å². The van der Waals surface area contributed by atoms with E-state index >= 15 is 0 Å². The first-order valence-electron chi connectivity index (χ1n) is 11.7. The highest BCUT2D eigenvalue weighted by Crippen LogP contribution is 2.34. The third-order valence-electron chi connectivity index (χ3n) is 6.30. The van der Waals surface area contributed by atoms with Crippen LogP contribution < -0.4 is 5.32 Å². The molecule has 1 heterocycles. The summed E-state index contributed by atoms with van der Waals surface area (Å²) in [6.45, 7) is 0. The summed E-state index contributed by atoms with van der Waals surface area (Å²) in [5, 5.41) is 2.94. The smallest absolute Gasteiger partial charge is 0.255 e. The Balaban J connectivity index is 1.20. The number of rotatable bonds is 7. The number of nitrogens with zero attached hydrogens (tertiary/aromatic N) is 1. The Morgan fingerprint density at radius 1 is 0.912 bits per heavy atom. The Labute approximate surface area is 207 Å². The normalized spacial score (nSPS) is 14.2. The Morgan fingerprint density at radius 2 is 1.68 bits per heavy atom. The van der Waals surface area contributed by atoms with Crippen molar-refractivity contribution >= 4 is 50.7 Å². The number of hydrogen-bond donors (Lipinski definition) is 1. The zero-order valence-corrected chi connectivity index (χ0v) is 20.5. The predicted octanol–water partition coefficient (Wildman–Crippen LogP) is 7.57. The third kappa shape index (κ3) is 5.40. The van der Waals surface area contributed by atoms with E-state index in [0.717, 1.165) is 25.8 Å². The van der Waals surface area contributed by atoms with Gasteiger partial charge in [0.1, 0.15) is 0 Å². The molecule has 0 saturated heterocycles. The molecular weight excluding hydrogens is 460 g/mol. The summed E-state index contributed by atoms with van der Waals surface area (Å²) in [5.41, 5.74) is 4.35. The van der Waals surface area contributed by atoms with Gasteiger partial charge < -0.3 is 5.32 Å². The molecule has 4 aromatic rings. The highest BCUT2D eigenvalue weighted by Gasteiger charge is 2.16. The topological polar surface area (TPSA) is 59.1 Å². The zero-order valence-electron chi connectivity index (χ0n) is 18.8. The van der Waals surface area contributed by atoms with Gasteiger partial charge in [-0.3, -0.25) is 9.59 Å². The fourth-order valence-electron chi connectivity index (χ4n) is 4.42. The molecule has 0 bridgehead atoms. The van der Waals surface area contributed by atoms with Gasteiger partial charge in [-0.05, 0) is 54.7 Å². The van der Waals surface area contributed by atoms with Gasteiger partial charge in [-0.15, -0.1) is 11.3 Å². The number of ketones is 1. The van der Waals surface area contributed by atoms with Crippen LogP contribution in [0.3, 0.4) is 0 Å². The van der Waals surface area contributed by atoms with Gasteiger partial charge in [0.25, 0.3) is 5.91 Å². The van der Waals surface area contributed by atoms with Crippen LogP contribution in [0.4, 0.5) is 5.69 Å². The van der Waals surface area contributed by atoms with Crippen molar-refractivity contribution in [1.29, 1.82) is 0 Å². The predicted molar refractivity (Wildman–Crippen MR) is 141 cm³/mol. The van der Waals surface area contributed by atoms with Gasteiger partial charge in [0.2, 0.25) is 0 Å². The number of thioether (sulfide) groups is 1. The molecule has 1 amide bonds. The van der Waals surface area contributed by atoms with E-state index in [1.807, 2.05) is 48.5 Å². The number of thiazole rings is 1. The minimum Gasteiger partial charge on any atom is -0.322 e. The monoisotopic (exact) mass is 486 g/mol. The van der Waals surface area contributed by atoms with Gasteiger partial charge in [-0.1, -0.05) is 73.5 Å². The molecule has 0 aliphatic heterocycles. The minimum atomic E-state index is -0.140. The molecule has 34 heavy (non-hydrogen) atoms. The summed E-state index contributed by atoms with van der Waals surface area (Å²) in [4.78, 5) is 29.8. The lowest BCUT2D eigenvalue weighted by atomic mass is 9.84. The first-order valence-corrected chi connectivity index (χ1v) is 13.5. The van der Waals surface area contributed by atoms with Gasteiger partial charge in [0.15, 0.2) is 10.1 Å². The molecule has 1 aliphatic rings. The van der Waals surface area contributed by atoms with Gasteiger partial charge in [0, 0.05) is 16.8 Å². The maximum Gasteiger partial charge on any atom is 0.255 e. The number of hydrogen-bond acceptors (Lipinski definition) is 5. The summed E-state index contributed by atoms with van der Waals surface area (Å²) >= 11 is 3.01. The van der Waals surface area contributed by atoms with E-state index in [-0.39, 0.29) is 11.7 Å². The van der Waals surface area contributed by atoms with Crippen LogP contribution in [0, 0.1) is 0 Å². The van der Waals surface area contributed by atoms with Crippen LogP contribution in [0.15, 0.2) is 77.1 Å². The SMILES string of the molecule is O=C(CSc1nc2ccc(NC(=O)c3ccccc3)cc2s1)c1ccc(C2CCCCC2)cc1. The minimum absolute atomic E-state index is 0.121. The largest absolute Gasteiger partial charge is 0.322 e. The fraction of sp³-hybridized carbons (Fsp3) is 0.250. The number of amides is 1. The molecular formula is C28H26N2O2S2. The number of carbonyl (C=O) groups is 2. The summed E-state index contributed by atoms with van der Waals surface area (Å²) in [7, 11) is 0. The molecule has 0 radical (unpaired) electrons. The van der Waals surface area contributed by atoms with Crippen LogP contribution in [0.2, 0.25) is 0 Å². The molecule has 5 rings (SSSR count). The molecule has 1 N–H and O–H groups in total. The van der Waals surface area contributed by atoms with Crippen molar-refractivity contribution in [3.8, 4) is 0 Å². The van der Waals surface area contributed by atoms with Crippen LogP contribution in [0.5, 0.6) is 0 Å². The van der Waals surface area contributed by atoms with Crippen molar-refractivity contribution in [2.24, 2.45) is 0 Å². The second-order valence-electron chi connectivity index (χ2n) is 8.65. The molecule has 4 nitrogen and oxygen atoms in total. The molecule has 1 aromatic heterocycles. The molecule has 3 aromatic carbocycles. The first-order chi connectivity index (χ1) is 16.7. The van der Waals surface area contributed by atoms with E-state index in [9.17, 15) is 9.59 Å². The number of carbonyl (C=O) groups excluding carboxylic acids is 2. The molecule has 0 spiro atoms. The van der Waals surface area contributed by atoms with E-state index in [1.165, 1.54) is 49.4 Å². The van der Waals surface area contributed by atoms with Crippen LogP contribution in [-0.2, 0) is 0 Å². The van der Waals surface area contributed by atoms with Crippen molar-refractivity contribution in [1.82, 2.24) is 4.98 Å². The molecule has 1 aliphatic carbocycles. The lowest BCUT2D eigenvalue weighted by molar-refractivity contribution is 0.101. The van der Waals surface area contributed by atoms with Crippen LogP contribution in [-0.4, -0.2) is 22.4 Å². The molecule has 6 heteroatoms. The second kappa shape index (κ2) is 10.5. The lowest BCUT2D eigenvalue weighted by Crippen LogP contribution is -2.11. The molecule has 0 atom stereocenters.